The number of rotatable bonds is 3. The first-order valence-electron chi connectivity index (χ1n) is 18.8. The minimum absolute atomic E-state index is 0.670. The molecule has 6 aromatic carbocycles. The second kappa shape index (κ2) is 11.3. The maximum absolute atomic E-state index is 6.69. The SMILES string of the molecule is c1ccc2cc3c(cc2c1)oc1c(-c2cc(-c4ccnc5c4oc4cc6ccccc6cc45)nc(-c4ccnc5c4oc4cc6ccccc6cc45)c2)ccnc13. The van der Waals surface area contributed by atoms with Crippen LogP contribution in [0.5, 0.6) is 0 Å². The van der Waals surface area contributed by atoms with Gasteiger partial charge in [-0.1, -0.05) is 72.8 Å². The topological polar surface area (TPSA) is 91.0 Å². The summed E-state index contributed by atoms with van der Waals surface area (Å²) in [7, 11) is 0. The Hall–Kier alpha value is -7.90. The first kappa shape index (κ1) is 30.4. The number of nitrogens with zero attached hydrogens (tertiary/aromatic N) is 4. The molecule has 57 heavy (non-hydrogen) atoms. The number of benzene rings is 6. The van der Waals surface area contributed by atoms with Gasteiger partial charge in [-0.05, 0) is 105 Å². The van der Waals surface area contributed by atoms with Gasteiger partial charge in [-0.2, -0.15) is 0 Å². The van der Waals surface area contributed by atoms with E-state index in [1.165, 1.54) is 0 Å². The van der Waals surface area contributed by atoms with E-state index in [9.17, 15) is 0 Å². The molecule has 0 N–H and O–H groups in total. The Morgan fingerprint density at radius 1 is 0.333 bits per heavy atom. The second-order valence-corrected chi connectivity index (χ2v) is 14.6. The van der Waals surface area contributed by atoms with Crippen LogP contribution in [0, 0.1) is 0 Å². The molecule has 0 amide bonds. The molecule has 7 aromatic heterocycles. The van der Waals surface area contributed by atoms with Gasteiger partial charge >= 0.3 is 0 Å². The average molecular weight is 731 g/mol. The van der Waals surface area contributed by atoms with E-state index in [4.69, 9.17) is 33.2 Å². The molecule has 264 valence electrons. The molecule has 0 atom stereocenters. The van der Waals surface area contributed by atoms with Crippen LogP contribution in [0.4, 0.5) is 0 Å². The van der Waals surface area contributed by atoms with Gasteiger partial charge in [-0.25, -0.2) is 4.98 Å². The lowest BCUT2D eigenvalue weighted by Gasteiger charge is -2.11. The van der Waals surface area contributed by atoms with Crippen molar-refractivity contribution in [1.82, 2.24) is 19.9 Å². The Morgan fingerprint density at radius 2 is 0.667 bits per heavy atom. The summed E-state index contributed by atoms with van der Waals surface area (Å²) < 4.78 is 20.0. The lowest BCUT2D eigenvalue weighted by molar-refractivity contribution is 0.669. The zero-order chi connectivity index (χ0) is 37.2. The molecule has 0 saturated heterocycles. The van der Waals surface area contributed by atoms with Crippen molar-refractivity contribution in [1.29, 1.82) is 0 Å². The van der Waals surface area contributed by atoms with E-state index in [1.807, 2.05) is 67.1 Å². The van der Waals surface area contributed by atoms with Crippen molar-refractivity contribution in [3.63, 3.8) is 0 Å². The fourth-order valence-corrected chi connectivity index (χ4v) is 8.62. The molecule has 0 spiro atoms. The summed E-state index contributed by atoms with van der Waals surface area (Å²) in [6.45, 7) is 0. The molecule has 7 nitrogen and oxygen atoms in total. The molecule has 7 heterocycles. The molecule has 13 rings (SSSR count). The largest absolute Gasteiger partial charge is 0.454 e. The highest BCUT2D eigenvalue weighted by atomic mass is 16.3. The van der Waals surface area contributed by atoms with E-state index in [0.717, 1.165) is 115 Å². The predicted octanol–water partition coefficient (Wildman–Crippen LogP) is 13.4. The van der Waals surface area contributed by atoms with Gasteiger partial charge in [0.1, 0.15) is 33.3 Å². The normalized spacial score (nSPS) is 12.2. The summed E-state index contributed by atoms with van der Waals surface area (Å²) in [5, 5.41) is 9.59. The molecule has 7 heteroatoms. The van der Waals surface area contributed by atoms with Gasteiger partial charge < -0.3 is 13.3 Å². The third-order valence-corrected chi connectivity index (χ3v) is 11.3. The summed E-state index contributed by atoms with van der Waals surface area (Å²) in [5.41, 5.74) is 11.6. The lowest BCUT2D eigenvalue weighted by atomic mass is 9.99. The average Bonchev–Trinajstić information content (AvgIpc) is 3.94. The van der Waals surface area contributed by atoms with Crippen LogP contribution in [0.1, 0.15) is 0 Å². The highest BCUT2D eigenvalue weighted by Gasteiger charge is 2.22. The van der Waals surface area contributed by atoms with Crippen molar-refractivity contribution in [2.75, 3.05) is 0 Å². The molecular weight excluding hydrogens is 705 g/mol. The van der Waals surface area contributed by atoms with Crippen LogP contribution < -0.4 is 0 Å². The Labute approximate surface area is 322 Å². The molecular formula is C50H26N4O3. The van der Waals surface area contributed by atoms with Crippen molar-refractivity contribution in [3.8, 4) is 33.6 Å². The third-order valence-electron chi connectivity index (χ3n) is 11.3. The third kappa shape index (κ3) is 4.48. The van der Waals surface area contributed by atoms with E-state index in [-0.39, 0.29) is 0 Å². The highest BCUT2D eigenvalue weighted by molar-refractivity contribution is 6.14. The van der Waals surface area contributed by atoms with Crippen molar-refractivity contribution < 1.29 is 13.3 Å². The Balaban J connectivity index is 1.09. The Morgan fingerprint density at radius 3 is 1.05 bits per heavy atom. The van der Waals surface area contributed by atoms with Gasteiger partial charge in [0.15, 0.2) is 16.7 Å². The van der Waals surface area contributed by atoms with Crippen LogP contribution in [0.15, 0.2) is 171 Å². The summed E-state index contributed by atoms with van der Waals surface area (Å²) in [6.07, 6.45) is 5.52. The molecule has 0 aliphatic rings. The molecule has 0 aliphatic heterocycles. The molecule has 0 unspecified atom stereocenters. The van der Waals surface area contributed by atoms with E-state index in [0.29, 0.717) is 16.7 Å². The summed E-state index contributed by atoms with van der Waals surface area (Å²) in [4.78, 5) is 19.9. The van der Waals surface area contributed by atoms with E-state index in [2.05, 4.69) is 91.0 Å². The predicted molar refractivity (Wildman–Crippen MR) is 228 cm³/mol. The Bertz CT molecular complexity index is 3430. The van der Waals surface area contributed by atoms with Gasteiger partial charge in [0.2, 0.25) is 0 Å². The van der Waals surface area contributed by atoms with Crippen LogP contribution in [0.3, 0.4) is 0 Å². The standard InChI is InChI=1S/C50H26N4O3/c1-4-10-30-24-42-37(19-27(30)7-1)45-48(55-42)34(13-16-51-45)33-22-40(35-14-17-52-46-38-20-28-8-2-5-11-31(28)25-43(38)56-49(35)46)54-41(23-33)36-15-18-53-47-39-21-29-9-3-6-12-32(29)26-44(39)57-50(36)47/h1-26H. The zero-order valence-corrected chi connectivity index (χ0v) is 30.0. The van der Waals surface area contributed by atoms with Crippen LogP contribution >= 0.6 is 0 Å². The number of furan rings is 3. The Kier molecular flexibility index (Phi) is 6.04. The number of fused-ring (bicyclic) bond motifs is 12. The summed E-state index contributed by atoms with van der Waals surface area (Å²) in [5.74, 6) is 0. The molecule has 0 saturated carbocycles. The van der Waals surface area contributed by atoms with Gasteiger partial charge in [-0.15, -0.1) is 0 Å². The van der Waals surface area contributed by atoms with Crippen molar-refractivity contribution in [3.05, 3.63) is 158 Å². The van der Waals surface area contributed by atoms with Gasteiger partial charge in [0.05, 0.1) is 11.4 Å². The first-order chi connectivity index (χ1) is 28.2. The number of pyridine rings is 4. The number of hydrogen-bond acceptors (Lipinski definition) is 7. The van der Waals surface area contributed by atoms with Crippen LogP contribution in [-0.4, -0.2) is 19.9 Å². The lowest BCUT2D eigenvalue weighted by Crippen LogP contribution is -1.93. The number of hydrogen-bond donors (Lipinski definition) is 0. The molecule has 13 aromatic rings. The van der Waals surface area contributed by atoms with Crippen LogP contribution in [-0.2, 0) is 0 Å². The molecule has 0 fully saturated rings. The van der Waals surface area contributed by atoms with Gasteiger partial charge in [0, 0.05) is 51.4 Å². The fourth-order valence-electron chi connectivity index (χ4n) is 8.62. The van der Waals surface area contributed by atoms with E-state index < -0.39 is 0 Å². The minimum Gasteiger partial charge on any atom is -0.454 e. The quantitative estimate of drug-likeness (QED) is 0.179. The van der Waals surface area contributed by atoms with Crippen LogP contribution in [0.25, 0.3) is 132 Å². The molecule has 0 radical (unpaired) electrons. The zero-order valence-electron chi connectivity index (χ0n) is 30.0. The first-order valence-corrected chi connectivity index (χ1v) is 18.8. The monoisotopic (exact) mass is 730 g/mol. The smallest absolute Gasteiger partial charge is 0.163 e. The molecule has 0 bridgehead atoms. The maximum Gasteiger partial charge on any atom is 0.163 e. The van der Waals surface area contributed by atoms with Crippen molar-refractivity contribution in [2.45, 2.75) is 0 Å². The van der Waals surface area contributed by atoms with Gasteiger partial charge in [-0.3, -0.25) is 15.0 Å². The maximum atomic E-state index is 6.69. The minimum atomic E-state index is 0.670. The fraction of sp³-hybridized carbons (Fsp3) is 0. The number of aromatic nitrogens is 4. The summed E-state index contributed by atoms with van der Waals surface area (Å²) >= 11 is 0. The van der Waals surface area contributed by atoms with Crippen molar-refractivity contribution >= 4 is 98.5 Å². The summed E-state index contributed by atoms with van der Waals surface area (Å²) in [6, 6.07) is 47.8. The van der Waals surface area contributed by atoms with Gasteiger partial charge in [0.25, 0.3) is 0 Å². The van der Waals surface area contributed by atoms with Crippen LogP contribution in [0.2, 0.25) is 0 Å². The molecule has 0 aliphatic carbocycles. The highest BCUT2D eigenvalue weighted by Crippen LogP contribution is 2.43. The second-order valence-electron chi connectivity index (χ2n) is 14.6. The van der Waals surface area contributed by atoms with E-state index in [1.54, 1.807) is 0 Å². The van der Waals surface area contributed by atoms with Crippen molar-refractivity contribution in [2.24, 2.45) is 0 Å². The van der Waals surface area contributed by atoms with E-state index >= 15 is 0 Å².